The van der Waals surface area contributed by atoms with Crippen molar-refractivity contribution in [3.63, 3.8) is 0 Å². The summed E-state index contributed by atoms with van der Waals surface area (Å²) in [6.07, 6.45) is 1.14. The molecule has 19 heavy (non-hydrogen) atoms. The lowest BCUT2D eigenvalue weighted by Gasteiger charge is -2.17. The fraction of sp³-hybridized carbons (Fsp3) is 0.769. The smallest absolute Gasteiger partial charge is 0.0897 e. The SMILES string of the molecule is CCC(CO)NCC(O)COCCc1scnc1C. The highest BCUT2D eigenvalue weighted by Gasteiger charge is 2.09. The highest BCUT2D eigenvalue weighted by Crippen LogP contribution is 2.12. The number of hydrogen-bond donors (Lipinski definition) is 3. The Balaban J connectivity index is 2.07. The molecule has 0 radical (unpaired) electrons. The summed E-state index contributed by atoms with van der Waals surface area (Å²) in [7, 11) is 0. The first-order valence-electron chi connectivity index (χ1n) is 6.66. The normalized spacial score (nSPS) is 14.5. The first-order valence-corrected chi connectivity index (χ1v) is 7.54. The van der Waals surface area contributed by atoms with E-state index in [9.17, 15) is 5.11 Å². The molecular formula is C13H24N2O3S. The molecule has 1 heterocycles. The van der Waals surface area contributed by atoms with Gasteiger partial charge in [-0.1, -0.05) is 6.92 Å². The maximum atomic E-state index is 9.72. The van der Waals surface area contributed by atoms with Gasteiger partial charge in [0.25, 0.3) is 0 Å². The van der Waals surface area contributed by atoms with E-state index >= 15 is 0 Å². The lowest BCUT2D eigenvalue weighted by atomic mass is 10.2. The summed E-state index contributed by atoms with van der Waals surface area (Å²) in [5.74, 6) is 0. The number of rotatable bonds is 10. The molecule has 5 nitrogen and oxygen atoms in total. The summed E-state index contributed by atoms with van der Waals surface area (Å²) in [6.45, 7) is 5.43. The minimum atomic E-state index is -0.539. The molecule has 0 bridgehead atoms. The molecule has 0 aliphatic heterocycles. The molecule has 0 fully saturated rings. The van der Waals surface area contributed by atoms with E-state index in [0.717, 1.165) is 18.5 Å². The van der Waals surface area contributed by atoms with Crippen molar-refractivity contribution >= 4 is 11.3 Å². The predicted molar refractivity (Wildman–Crippen MR) is 76.5 cm³/mol. The van der Waals surface area contributed by atoms with Crippen LogP contribution in [0.15, 0.2) is 5.51 Å². The molecule has 1 rings (SSSR count). The number of thiazole rings is 1. The fourth-order valence-electron chi connectivity index (χ4n) is 1.65. The molecule has 2 unspecified atom stereocenters. The second-order valence-corrected chi connectivity index (χ2v) is 5.47. The Labute approximate surface area is 118 Å². The van der Waals surface area contributed by atoms with Crippen LogP contribution in [0.4, 0.5) is 0 Å². The summed E-state index contributed by atoms with van der Waals surface area (Å²) in [5.41, 5.74) is 2.90. The Morgan fingerprint density at radius 3 is 2.89 bits per heavy atom. The van der Waals surface area contributed by atoms with E-state index in [1.807, 2.05) is 19.4 Å². The van der Waals surface area contributed by atoms with Crippen LogP contribution < -0.4 is 5.32 Å². The first kappa shape index (κ1) is 16.5. The van der Waals surface area contributed by atoms with Crippen LogP contribution in [0.5, 0.6) is 0 Å². The highest BCUT2D eigenvalue weighted by molar-refractivity contribution is 7.09. The Morgan fingerprint density at radius 1 is 1.53 bits per heavy atom. The van der Waals surface area contributed by atoms with Crippen molar-refractivity contribution < 1.29 is 14.9 Å². The van der Waals surface area contributed by atoms with Gasteiger partial charge in [-0.2, -0.15) is 0 Å². The van der Waals surface area contributed by atoms with Gasteiger partial charge in [-0.05, 0) is 13.3 Å². The predicted octanol–water partition coefficient (Wildman–Crippen LogP) is 0.732. The van der Waals surface area contributed by atoms with E-state index < -0.39 is 6.10 Å². The zero-order valence-electron chi connectivity index (χ0n) is 11.6. The van der Waals surface area contributed by atoms with E-state index in [-0.39, 0.29) is 12.6 Å². The Hall–Kier alpha value is -0.530. The Kier molecular flexibility index (Phi) is 8.16. The van der Waals surface area contributed by atoms with Gasteiger partial charge >= 0.3 is 0 Å². The van der Waals surface area contributed by atoms with Crippen molar-refractivity contribution in [2.75, 3.05) is 26.4 Å². The number of aliphatic hydroxyl groups is 2. The molecule has 6 heteroatoms. The topological polar surface area (TPSA) is 74.6 Å². The number of aromatic nitrogens is 1. The third kappa shape index (κ3) is 6.44. The largest absolute Gasteiger partial charge is 0.395 e. The zero-order valence-corrected chi connectivity index (χ0v) is 12.4. The average molecular weight is 288 g/mol. The molecule has 3 N–H and O–H groups in total. The molecule has 110 valence electrons. The number of aliphatic hydroxyl groups excluding tert-OH is 2. The maximum absolute atomic E-state index is 9.72. The van der Waals surface area contributed by atoms with Gasteiger partial charge in [0.1, 0.15) is 0 Å². The maximum Gasteiger partial charge on any atom is 0.0897 e. The van der Waals surface area contributed by atoms with Gasteiger partial charge in [0.05, 0.1) is 37.1 Å². The molecule has 0 saturated heterocycles. The fourth-order valence-corrected chi connectivity index (χ4v) is 2.41. The molecule has 2 atom stereocenters. The lowest BCUT2D eigenvalue weighted by molar-refractivity contribution is 0.0358. The zero-order chi connectivity index (χ0) is 14.1. The molecule has 0 amide bonds. The molecule has 0 spiro atoms. The monoisotopic (exact) mass is 288 g/mol. The quantitative estimate of drug-likeness (QED) is 0.554. The molecule has 1 aromatic heterocycles. The van der Waals surface area contributed by atoms with Gasteiger partial charge in [0, 0.05) is 23.9 Å². The van der Waals surface area contributed by atoms with Crippen molar-refractivity contribution in [1.82, 2.24) is 10.3 Å². The highest BCUT2D eigenvalue weighted by atomic mass is 32.1. The number of hydrogen-bond acceptors (Lipinski definition) is 6. The van der Waals surface area contributed by atoms with Gasteiger partial charge in [0.15, 0.2) is 0 Å². The number of nitrogens with zero attached hydrogens (tertiary/aromatic N) is 1. The van der Waals surface area contributed by atoms with Crippen LogP contribution in [-0.2, 0) is 11.2 Å². The van der Waals surface area contributed by atoms with Crippen LogP contribution in [0.1, 0.15) is 23.9 Å². The lowest BCUT2D eigenvalue weighted by Crippen LogP contribution is -2.39. The Morgan fingerprint density at radius 2 is 2.32 bits per heavy atom. The number of nitrogens with one attached hydrogen (secondary N) is 1. The average Bonchev–Trinajstić information content (AvgIpc) is 2.81. The third-order valence-corrected chi connectivity index (χ3v) is 3.98. The van der Waals surface area contributed by atoms with E-state index in [2.05, 4.69) is 10.3 Å². The van der Waals surface area contributed by atoms with Gasteiger partial charge in [-0.15, -0.1) is 11.3 Å². The second-order valence-electron chi connectivity index (χ2n) is 4.54. The van der Waals surface area contributed by atoms with E-state index in [0.29, 0.717) is 19.8 Å². The first-order chi connectivity index (χ1) is 9.17. The number of ether oxygens (including phenoxy) is 1. The van der Waals surface area contributed by atoms with Crippen LogP contribution in [0.3, 0.4) is 0 Å². The van der Waals surface area contributed by atoms with Gasteiger partial charge in [-0.3, -0.25) is 0 Å². The molecule has 0 aliphatic carbocycles. The second kappa shape index (κ2) is 9.39. The third-order valence-electron chi connectivity index (χ3n) is 2.98. The number of aryl methyl sites for hydroxylation is 1. The molecule has 1 aromatic rings. The standard InChI is InChI=1S/C13H24N2O3S/c1-3-11(7-16)14-6-12(17)8-18-5-4-13-10(2)15-9-19-13/h9,11-12,14,16-17H,3-8H2,1-2H3. The van der Waals surface area contributed by atoms with Crippen molar-refractivity contribution in [3.8, 4) is 0 Å². The van der Waals surface area contributed by atoms with Crippen molar-refractivity contribution in [2.45, 2.75) is 38.8 Å². The Bertz CT molecular complexity index is 342. The van der Waals surface area contributed by atoms with Crippen LogP contribution in [0, 0.1) is 6.92 Å². The van der Waals surface area contributed by atoms with E-state index in [1.165, 1.54) is 4.88 Å². The van der Waals surface area contributed by atoms with Crippen LogP contribution in [0.2, 0.25) is 0 Å². The minimum absolute atomic E-state index is 0.0505. The van der Waals surface area contributed by atoms with Crippen molar-refractivity contribution in [3.05, 3.63) is 16.1 Å². The van der Waals surface area contributed by atoms with Gasteiger partial charge in [-0.25, -0.2) is 4.98 Å². The molecular weight excluding hydrogens is 264 g/mol. The summed E-state index contributed by atoms with van der Waals surface area (Å²) in [5, 5.41) is 21.8. The molecule has 0 aliphatic rings. The van der Waals surface area contributed by atoms with Crippen molar-refractivity contribution in [2.24, 2.45) is 0 Å². The minimum Gasteiger partial charge on any atom is -0.395 e. The molecule has 0 saturated carbocycles. The van der Waals surface area contributed by atoms with Crippen LogP contribution in [-0.4, -0.2) is 53.7 Å². The summed E-state index contributed by atoms with van der Waals surface area (Å²) < 4.78 is 5.45. The molecule has 0 aromatic carbocycles. The van der Waals surface area contributed by atoms with Crippen LogP contribution in [0.25, 0.3) is 0 Å². The van der Waals surface area contributed by atoms with E-state index in [1.54, 1.807) is 11.3 Å². The summed E-state index contributed by atoms with van der Waals surface area (Å²) in [6, 6.07) is 0.0505. The van der Waals surface area contributed by atoms with E-state index in [4.69, 9.17) is 9.84 Å². The summed E-state index contributed by atoms with van der Waals surface area (Å²) >= 11 is 1.63. The van der Waals surface area contributed by atoms with Gasteiger partial charge < -0.3 is 20.3 Å². The van der Waals surface area contributed by atoms with Crippen LogP contribution >= 0.6 is 11.3 Å². The van der Waals surface area contributed by atoms with Gasteiger partial charge in [0.2, 0.25) is 0 Å². The van der Waals surface area contributed by atoms with Crippen molar-refractivity contribution in [1.29, 1.82) is 0 Å². The summed E-state index contributed by atoms with van der Waals surface area (Å²) in [4.78, 5) is 5.41.